The van der Waals surface area contributed by atoms with E-state index < -0.39 is 0 Å². The molecule has 0 aliphatic rings. The summed E-state index contributed by atoms with van der Waals surface area (Å²) in [7, 11) is 0. The van der Waals surface area contributed by atoms with E-state index in [4.69, 9.17) is 10.5 Å². The van der Waals surface area contributed by atoms with E-state index in [-0.39, 0.29) is 11.9 Å². The van der Waals surface area contributed by atoms with Crippen molar-refractivity contribution in [2.45, 2.75) is 19.9 Å². The summed E-state index contributed by atoms with van der Waals surface area (Å²) in [6, 6.07) is 4.76. The van der Waals surface area contributed by atoms with Crippen LogP contribution in [0.15, 0.2) is 18.2 Å². The largest absolute Gasteiger partial charge is 0.492 e. The Morgan fingerprint density at radius 3 is 2.77 bits per heavy atom. The van der Waals surface area contributed by atoms with Gasteiger partial charge in [-0.05, 0) is 25.5 Å². The molecule has 0 spiro atoms. The fourth-order valence-corrected chi connectivity index (χ4v) is 0.891. The van der Waals surface area contributed by atoms with Crippen LogP contribution in [0.4, 0.5) is 4.39 Å². The minimum absolute atomic E-state index is 0.0376. The molecule has 0 fully saturated rings. The van der Waals surface area contributed by atoms with Crippen molar-refractivity contribution in [1.82, 2.24) is 0 Å². The van der Waals surface area contributed by atoms with E-state index in [0.29, 0.717) is 17.9 Å². The second-order valence-corrected chi connectivity index (χ2v) is 3.20. The van der Waals surface area contributed by atoms with Crippen molar-refractivity contribution in [3.8, 4) is 5.75 Å². The summed E-state index contributed by atoms with van der Waals surface area (Å²) in [6.45, 7) is 3.96. The predicted molar refractivity (Wildman–Crippen MR) is 50.3 cm³/mol. The zero-order valence-electron chi connectivity index (χ0n) is 7.88. The normalized spacial score (nSPS) is 12.6. The van der Waals surface area contributed by atoms with Crippen molar-refractivity contribution in [2.75, 3.05) is 6.61 Å². The molecule has 72 valence electrons. The topological polar surface area (TPSA) is 35.2 Å². The second kappa shape index (κ2) is 4.23. The minimum Gasteiger partial charge on any atom is -0.492 e. The van der Waals surface area contributed by atoms with Crippen LogP contribution in [0.5, 0.6) is 5.75 Å². The summed E-state index contributed by atoms with van der Waals surface area (Å²) in [5.74, 6) is 0.280. The summed E-state index contributed by atoms with van der Waals surface area (Å²) in [4.78, 5) is 0. The Bertz CT molecular complexity index is 286. The highest BCUT2D eigenvalue weighted by molar-refractivity contribution is 5.27. The standard InChI is InChI=1S/C10H14FNO/c1-7-3-4-9(5-10(7)11)13-6-8(2)12/h3-5,8H,6,12H2,1-2H3/t8-/m0/s1. The van der Waals surface area contributed by atoms with E-state index in [2.05, 4.69) is 0 Å². The van der Waals surface area contributed by atoms with Crippen LogP contribution in [-0.2, 0) is 0 Å². The molecule has 0 aliphatic carbocycles. The molecule has 0 bridgehead atoms. The smallest absolute Gasteiger partial charge is 0.129 e. The molecule has 2 nitrogen and oxygen atoms in total. The lowest BCUT2D eigenvalue weighted by molar-refractivity contribution is 0.295. The summed E-state index contributed by atoms with van der Waals surface area (Å²) >= 11 is 0. The SMILES string of the molecule is Cc1ccc(OC[C@H](C)N)cc1F. The number of rotatable bonds is 3. The Morgan fingerprint density at radius 2 is 2.23 bits per heavy atom. The summed E-state index contributed by atoms with van der Waals surface area (Å²) < 4.78 is 18.2. The first kappa shape index (κ1) is 9.99. The van der Waals surface area contributed by atoms with Gasteiger partial charge in [-0.15, -0.1) is 0 Å². The van der Waals surface area contributed by atoms with Gasteiger partial charge in [-0.3, -0.25) is 0 Å². The molecule has 0 unspecified atom stereocenters. The van der Waals surface area contributed by atoms with Gasteiger partial charge in [0.25, 0.3) is 0 Å². The van der Waals surface area contributed by atoms with Crippen molar-refractivity contribution in [2.24, 2.45) is 5.73 Å². The molecular weight excluding hydrogens is 169 g/mol. The molecule has 0 saturated carbocycles. The van der Waals surface area contributed by atoms with E-state index in [1.54, 1.807) is 19.1 Å². The Labute approximate surface area is 77.5 Å². The monoisotopic (exact) mass is 183 g/mol. The molecule has 1 rings (SSSR count). The molecule has 0 aliphatic heterocycles. The lowest BCUT2D eigenvalue weighted by atomic mass is 10.2. The summed E-state index contributed by atoms with van der Waals surface area (Å²) in [6.07, 6.45) is 0. The highest BCUT2D eigenvalue weighted by Gasteiger charge is 2.00. The number of hydrogen-bond acceptors (Lipinski definition) is 2. The van der Waals surface area contributed by atoms with Crippen LogP contribution in [-0.4, -0.2) is 12.6 Å². The highest BCUT2D eigenvalue weighted by atomic mass is 19.1. The Hall–Kier alpha value is -1.09. The first-order valence-corrected chi connectivity index (χ1v) is 4.24. The van der Waals surface area contributed by atoms with E-state index in [9.17, 15) is 4.39 Å². The van der Waals surface area contributed by atoms with Gasteiger partial charge in [-0.2, -0.15) is 0 Å². The molecule has 1 aromatic carbocycles. The Morgan fingerprint density at radius 1 is 1.54 bits per heavy atom. The summed E-state index contributed by atoms with van der Waals surface area (Å²) in [5, 5.41) is 0. The van der Waals surface area contributed by atoms with Crippen molar-refractivity contribution in [3.05, 3.63) is 29.6 Å². The van der Waals surface area contributed by atoms with Crippen LogP contribution in [0.1, 0.15) is 12.5 Å². The number of aryl methyl sites for hydroxylation is 1. The van der Waals surface area contributed by atoms with Crippen LogP contribution >= 0.6 is 0 Å². The molecule has 1 atom stereocenters. The molecule has 0 aromatic heterocycles. The van der Waals surface area contributed by atoms with Crippen molar-refractivity contribution >= 4 is 0 Å². The minimum atomic E-state index is -0.248. The third-order valence-electron chi connectivity index (χ3n) is 1.66. The van der Waals surface area contributed by atoms with Gasteiger partial charge >= 0.3 is 0 Å². The summed E-state index contributed by atoms with van der Waals surface area (Å²) in [5.41, 5.74) is 6.11. The maximum Gasteiger partial charge on any atom is 0.129 e. The molecule has 2 N–H and O–H groups in total. The molecule has 0 saturated heterocycles. The molecule has 0 amide bonds. The van der Waals surface area contributed by atoms with Gasteiger partial charge in [0.2, 0.25) is 0 Å². The number of nitrogens with two attached hydrogens (primary N) is 1. The molecule has 0 radical (unpaired) electrons. The maximum atomic E-state index is 13.0. The Kier molecular flexibility index (Phi) is 3.25. The first-order chi connectivity index (χ1) is 6.09. The van der Waals surface area contributed by atoms with Crippen molar-refractivity contribution in [1.29, 1.82) is 0 Å². The van der Waals surface area contributed by atoms with Gasteiger partial charge in [0.05, 0.1) is 0 Å². The average molecular weight is 183 g/mol. The van der Waals surface area contributed by atoms with Crippen LogP contribution in [0.2, 0.25) is 0 Å². The molecule has 13 heavy (non-hydrogen) atoms. The van der Waals surface area contributed by atoms with Gasteiger partial charge < -0.3 is 10.5 Å². The van der Waals surface area contributed by atoms with Gasteiger partial charge in [-0.25, -0.2) is 4.39 Å². The fraction of sp³-hybridized carbons (Fsp3) is 0.400. The maximum absolute atomic E-state index is 13.0. The number of ether oxygens (including phenoxy) is 1. The van der Waals surface area contributed by atoms with Crippen molar-refractivity contribution < 1.29 is 9.13 Å². The number of hydrogen-bond donors (Lipinski definition) is 1. The highest BCUT2D eigenvalue weighted by Crippen LogP contribution is 2.15. The zero-order chi connectivity index (χ0) is 9.84. The van der Waals surface area contributed by atoms with Crippen molar-refractivity contribution in [3.63, 3.8) is 0 Å². The quantitative estimate of drug-likeness (QED) is 0.776. The lowest BCUT2D eigenvalue weighted by Gasteiger charge is -2.08. The number of benzene rings is 1. The molecule has 3 heteroatoms. The van der Waals surface area contributed by atoms with Crippen LogP contribution < -0.4 is 10.5 Å². The van der Waals surface area contributed by atoms with E-state index in [1.807, 2.05) is 6.92 Å². The third kappa shape index (κ3) is 3.03. The van der Waals surface area contributed by atoms with Crippen LogP contribution in [0.25, 0.3) is 0 Å². The first-order valence-electron chi connectivity index (χ1n) is 4.24. The third-order valence-corrected chi connectivity index (χ3v) is 1.66. The lowest BCUT2D eigenvalue weighted by Crippen LogP contribution is -2.23. The van der Waals surface area contributed by atoms with E-state index >= 15 is 0 Å². The Balaban J connectivity index is 2.63. The van der Waals surface area contributed by atoms with Gasteiger partial charge in [-0.1, -0.05) is 6.07 Å². The van der Waals surface area contributed by atoms with E-state index in [1.165, 1.54) is 6.07 Å². The van der Waals surface area contributed by atoms with Crippen LogP contribution in [0.3, 0.4) is 0 Å². The number of halogens is 1. The molecule has 0 heterocycles. The molecule has 1 aromatic rings. The van der Waals surface area contributed by atoms with Crippen LogP contribution in [0, 0.1) is 12.7 Å². The second-order valence-electron chi connectivity index (χ2n) is 3.20. The van der Waals surface area contributed by atoms with E-state index in [0.717, 1.165) is 0 Å². The zero-order valence-corrected chi connectivity index (χ0v) is 7.88. The van der Waals surface area contributed by atoms with Gasteiger partial charge in [0.1, 0.15) is 18.2 Å². The van der Waals surface area contributed by atoms with Gasteiger partial charge in [0.15, 0.2) is 0 Å². The average Bonchev–Trinajstić information content (AvgIpc) is 2.07. The van der Waals surface area contributed by atoms with Gasteiger partial charge in [0, 0.05) is 12.1 Å². The predicted octanol–water partition coefficient (Wildman–Crippen LogP) is 1.86. The molecular formula is C10H14FNO. The fourth-order valence-electron chi connectivity index (χ4n) is 0.891.